The molecule has 4 heteroatoms. The van der Waals surface area contributed by atoms with Gasteiger partial charge < -0.3 is 4.74 Å². The number of benzene rings is 1. The first kappa shape index (κ1) is 12.8. The molecule has 94 valence electrons. The van der Waals surface area contributed by atoms with Crippen LogP contribution in [0.1, 0.15) is 24.8 Å². The number of ether oxygens (including phenoxy) is 1. The Morgan fingerprint density at radius 3 is 2.88 bits per heavy atom. The zero-order valence-corrected chi connectivity index (χ0v) is 10.6. The highest BCUT2D eigenvalue weighted by Crippen LogP contribution is 2.21. The van der Waals surface area contributed by atoms with Crippen molar-refractivity contribution in [3.8, 4) is 0 Å². The molecule has 17 heavy (non-hydrogen) atoms. The lowest BCUT2D eigenvalue weighted by molar-refractivity contribution is -0.00743. The summed E-state index contributed by atoms with van der Waals surface area (Å²) in [5.41, 5.74) is 3.98. The first-order valence-electron chi connectivity index (χ1n) is 6.12. The van der Waals surface area contributed by atoms with Crippen LogP contribution >= 0.6 is 11.6 Å². The van der Waals surface area contributed by atoms with Crippen molar-refractivity contribution in [1.82, 2.24) is 5.43 Å². The second-order valence-electron chi connectivity index (χ2n) is 4.47. The van der Waals surface area contributed by atoms with Crippen LogP contribution in [0.4, 0.5) is 0 Å². The van der Waals surface area contributed by atoms with Crippen LogP contribution in [-0.2, 0) is 11.2 Å². The summed E-state index contributed by atoms with van der Waals surface area (Å²) in [5, 5.41) is 0.795. The Bertz CT molecular complexity index is 353. The molecule has 2 atom stereocenters. The Kier molecular flexibility index (Phi) is 4.80. The molecule has 1 heterocycles. The number of nitrogens with one attached hydrogen (secondary N) is 1. The van der Waals surface area contributed by atoms with Gasteiger partial charge in [-0.3, -0.25) is 11.3 Å². The fourth-order valence-corrected chi connectivity index (χ4v) is 2.49. The summed E-state index contributed by atoms with van der Waals surface area (Å²) in [7, 11) is 0. The van der Waals surface area contributed by atoms with E-state index in [0.29, 0.717) is 0 Å². The third-order valence-electron chi connectivity index (χ3n) is 3.28. The normalized spacial score (nSPS) is 22.4. The van der Waals surface area contributed by atoms with Gasteiger partial charge in [0, 0.05) is 11.6 Å². The molecule has 1 saturated heterocycles. The quantitative estimate of drug-likeness (QED) is 0.640. The minimum absolute atomic E-state index is 0.134. The molecule has 1 aromatic carbocycles. The zero-order valence-electron chi connectivity index (χ0n) is 9.86. The molecular formula is C13H19ClN2O. The molecule has 3 nitrogen and oxygen atoms in total. The number of hydrogen-bond acceptors (Lipinski definition) is 3. The molecule has 0 aliphatic carbocycles. The van der Waals surface area contributed by atoms with Crippen molar-refractivity contribution in [2.75, 3.05) is 6.61 Å². The maximum absolute atomic E-state index is 6.15. The summed E-state index contributed by atoms with van der Waals surface area (Å²) in [6, 6.07) is 8.02. The van der Waals surface area contributed by atoms with Gasteiger partial charge in [0.1, 0.15) is 0 Å². The van der Waals surface area contributed by atoms with Crippen LogP contribution in [0.15, 0.2) is 24.3 Å². The van der Waals surface area contributed by atoms with E-state index in [2.05, 4.69) is 5.43 Å². The van der Waals surface area contributed by atoms with Gasteiger partial charge in [-0.1, -0.05) is 29.8 Å². The summed E-state index contributed by atoms with van der Waals surface area (Å²) in [5.74, 6) is 5.63. The molecule has 0 bridgehead atoms. The molecule has 2 unspecified atom stereocenters. The van der Waals surface area contributed by atoms with Crippen molar-refractivity contribution in [1.29, 1.82) is 0 Å². The van der Waals surface area contributed by atoms with Crippen LogP contribution in [0.2, 0.25) is 5.02 Å². The van der Waals surface area contributed by atoms with Gasteiger partial charge in [0.15, 0.2) is 0 Å². The van der Waals surface area contributed by atoms with Gasteiger partial charge in [-0.15, -0.1) is 0 Å². The molecule has 0 aromatic heterocycles. The molecule has 0 amide bonds. The second-order valence-corrected chi connectivity index (χ2v) is 4.88. The Labute approximate surface area is 107 Å². The van der Waals surface area contributed by atoms with Gasteiger partial charge in [0.2, 0.25) is 0 Å². The largest absolute Gasteiger partial charge is 0.377 e. The van der Waals surface area contributed by atoms with Crippen molar-refractivity contribution in [3.05, 3.63) is 34.9 Å². The third-order valence-corrected chi connectivity index (χ3v) is 3.64. The van der Waals surface area contributed by atoms with E-state index in [4.69, 9.17) is 22.2 Å². The van der Waals surface area contributed by atoms with Crippen LogP contribution < -0.4 is 11.3 Å². The van der Waals surface area contributed by atoms with Gasteiger partial charge in [-0.25, -0.2) is 0 Å². The number of halogens is 1. The maximum atomic E-state index is 6.15. The number of hydrazine groups is 1. The third kappa shape index (κ3) is 3.42. The first-order chi connectivity index (χ1) is 8.31. The van der Waals surface area contributed by atoms with Crippen LogP contribution in [-0.4, -0.2) is 18.8 Å². The zero-order chi connectivity index (χ0) is 12.1. The molecule has 0 saturated carbocycles. The Morgan fingerprint density at radius 1 is 1.41 bits per heavy atom. The molecule has 3 N–H and O–H groups in total. The van der Waals surface area contributed by atoms with Crippen molar-refractivity contribution >= 4 is 11.6 Å². The topological polar surface area (TPSA) is 47.3 Å². The minimum atomic E-state index is 0.134. The molecule has 1 aliphatic heterocycles. The van der Waals surface area contributed by atoms with E-state index in [0.717, 1.165) is 36.5 Å². The summed E-state index contributed by atoms with van der Waals surface area (Å²) in [4.78, 5) is 0. The average Bonchev–Trinajstić information content (AvgIpc) is 2.39. The average molecular weight is 255 g/mol. The van der Waals surface area contributed by atoms with Crippen molar-refractivity contribution < 1.29 is 4.74 Å². The predicted octanol–water partition coefficient (Wildman–Crippen LogP) is 2.28. The van der Waals surface area contributed by atoms with Crippen LogP contribution in [0.5, 0.6) is 0 Å². The van der Waals surface area contributed by atoms with E-state index in [1.165, 1.54) is 6.42 Å². The van der Waals surface area contributed by atoms with Crippen LogP contribution in [0.3, 0.4) is 0 Å². The fraction of sp³-hybridized carbons (Fsp3) is 0.538. The van der Waals surface area contributed by atoms with E-state index < -0.39 is 0 Å². The fourth-order valence-electron chi connectivity index (χ4n) is 2.28. The van der Waals surface area contributed by atoms with E-state index in [1.54, 1.807) is 0 Å². The molecule has 1 aliphatic rings. The molecule has 1 aromatic rings. The number of nitrogens with two attached hydrogens (primary N) is 1. The lowest BCUT2D eigenvalue weighted by Crippen LogP contribution is -2.47. The van der Waals surface area contributed by atoms with Crippen LogP contribution in [0.25, 0.3) is 0 Å². The molecule has 1 fully saturated rings. The Morgan fingerprint density at radius 2 is 2.24 bits per heavy atom. The predicted molar refractivity (Wildman–Crippen MR) is 69.9 cm³/mol. The summed E-state index contributed by atoms with van der Waals surface area (Å²) in [6.07, 6.45) is 4.44. The summed E-state index contributed by atoms with van der Waals surface area (Å²) < 4.78 is 5.76. The number of hydrogen-bond donors (Lipinski definition) is 2. The second kappa shape index (κ2) is 6.36. The lowest BCUT2D eigenvalue weighted by atomic mass is 9.96. The van der Waals surface area contributed by atoms with Gasteiger partial charge in [-0.05, 0) is 37.3 Å². The van der Waals surface area contributed by atoms with E-state index >= 15 is 0 Å². The van der Waals surface area contributed by atoms with Crippen molar-refractivity contribution in [3.63, 3.8) is 0 Å². The highest BCUT2D eigenvalue weighted by molar-refractivity contribution is 6.31. The highest BCUT2D eigenvalue weighted by atomic mass is 35.5. The van der Waals surface area contributed by atoms with Gasteiger partial charge in [0.05, 0.1) is 12.1 Å². The highest BCUT2D eigenvalue weighted by Gasteiger charge is 2.24. The summed E-state index contributed by atoms with van der Waals surface area (Å²) >= 11 is 6.15. The molecule has 2 rings (SSSR count). The van der Waals surface area contributed by atoms with Crippen LogP contribution in [0, 0.1) is 0 Å². The van der Waals surface area contributed by atoms with Gasteiger partial charge in [-0.2, -0.15) is 0 Å². The Hall–Kier alpha value is -0.610. The summed E-state index contributed by atoms with van der Waals surface area (Å²) in [6.45, 7) is 0.839. The van der Waals surface area contributed by atoms with E-state index in [1.807, 2.05) is 24.3 Å². The van der Waals surface area contributed by atoms with Crippen molar-refractivity contribution in [2.45, 2.75) is 37.8 Å². The van der Waals surface area contributed by atoms with Gasteiger partial charge in [0.25, 0.3) is 0 Å². The lowest BCUT2D eigenvalue weighted by Gasteiger charge is -2.30. The molecule has 0 spiro atoms. The minimum Gasteiger partial charge on any atom is -0.377 e. The van der Waals surface area contributed by atoms with Gasteiger partial charge >= 0.3 is 0 Å². The molecular weight excluding hydrogens is 236 g/mol. The van der Waals surface area contributed by atoms with E-state index in [-0.39, 0.29) is 12.1 Å². The Balaban J connectivity index is 2.01. The monoisotopic (exact) mass is 254 g/mol. The SMILES string of the molecule is NNC(Cc1ccccc1Cl)C1CCCCO1. The molecule has 0 radical (unpaired) electrons. The van der Waals surface area contributed by atoms with E-state index in [9.17, 15) is 0 Å². The first-order valence-corrected chi connectivity index (χ1v) is 6.50. The standard InChI is InChI=1S/C13H19ClN2O/c14-11-6-2-1-5-10(11)9-12(16-15)13-7-3-4-8-17-13/h1-2,5-6,12-13,16H,3-4,7-9,15H2. The smallest absolute Gasteiger partial charge is 0.0744 e. The maximum Gasteiger partial charge on any atom is 0.0744 e. The van der Waals surface area contributed by atoms with Crippen molar-refractivity contribution in [2.24, 2.45) is 5.84 Å². The number of rotatable bonds is 4.